The van der Waals surface area contributed by atoms with Crippen LogP contribution in [0.4, 0.5) is 0 Å². The number of benzene rings is 1. The Bertz CT molecular complexity index is 905. The molecule has 0 spiro atoms. The summed E-state index contributed by atoms with van der Waals surface area (Å²) in [7, 11) is 2.11. The molecule has 5 nitrogen and oxygen atoms in total. The fourth-order valence-corrected chi connectivity index (χ4v) is 4.69. The van der Waals surface area contributed by atoms with Crippen molar-refractivity contribution in [1.29, 1.82) is 0 Å². The van der Waals surface area contributed by atoms with Gasteiger partial charge in [0.05, 0.1) is 22.9 Å². The first-order valence-electron chi connectivity index (χ1n) is 8.86. The molecule has 0 unspecified atom stereocenters. The fourth-order valence-electron chi connectivity index (χ4n) is 3.31. The van der Waals surface area contributed by atoms with E-state index in [1.54, 1.807) is 11.3 Å². The quantitative estimate of drug-likeness (QED) is 0.636. The molecular weight excluding hydrogens is 350 g/mol. The van der Waals surface area contributed by atoms with Gasteiger partial charge in [0, 0.05) is 13.0 Å². The molecule has 0 fully saturated rings. The number of hydrogen-bond donors (Lipinski definition) is 0. The highest BCUT2D eigenvalue weighted by molar-refractivity contribution is 7.71. The highest BCUT2D eigenvalue weighted by atomic mass is 32.1. The van der Waals surface area contributed by atoms with Gasteiger partial charge in [-0.2, -0.15) is 5.10 Å². The molecule has 0 saturated heterocycles. The molecule has 0 saturated carbocycles. The van der Waals surface area contributed by atoms with Gasteiger partial charge < -0.3 is 4.57 Å². The molecule has 3 heterocycles. The number of nitrogens with zero attached hydrogens (tertiary/aromatic N) is 5. The summed E-state index contributed by atoms with van der Waals surface area (Å²) >= 11 is 7.44. The van der Waals surface area contributed by atoms with Crippen molar-refractivity contribution in [2.75, 3.05) is 7.05 Å². The number of rotatable bonds is 4. The van der Waals surface area contributed by atoms with Crippen molar-refractivity contribution < 1.29 is 0 Å². The maximum Gasteiger partial charge on any atom is 0.199 e. The normalized spacial score (nSPS) is 16.1. The van der Waals surface area contributed by atoms with Crippen LogP contribution in [0.25, 0.3) is 10.2 Å². The molecule has 2 aromatic heterocycles. The van der Waals surface area contributed by atoms with Crippen LogP contribution in [0.3, 0.4) is 0 Å². The monoisotopic (exact) mass is 373 g/mol. The summed E-state index contributed by atoms with van der Waals surface area (Å²) in [5.74, 6) is 1.14. The fraction of sp³-hybridized carbons (Fsp3) is 0.500. The second-order valence-electron chi connectivity index (χ2n) is 6.75. The van der Waals surface area contributed by atoms with Crippen LogP contribution >= 0.6 is 23.6 Å². The van der Waals surface area contributed by atoms with Gasteiger partial charge in [0.15, 0.2) is 4.77 Å². The van der Waals surface area contributed by atoms with Crippen LogP contribution in [0.5, 0.6) is 0 Å². The maximum absolute atomic E-state index is 5.67. The number of aromatic nitrogens is 4. The smallest absolute Gasteiger partial charge is 0.199 e. The lowest BCUT2D eigenvalue weighted by molar-refractivity contribution is 0.193. The van der Waals surface area contributed by atoms with Crippen molar-refractivity contribution in [2.45, 2.75) is 51.9 Å². The van der Waals surface area contributed by atoms with Crippen LogP contribution in [0, 0.1) is 4.77 Å². The summed E-state index contributed by atoms with van der Waals surface area (Å²) in [5.41, 5.74) is 1.08. The SMILES string of the molecule is C[C@H](c1nc2ccccc2s1)N(C)Cn1nc2n(c1=S)CCCCC2. The minimum atomic E-state index is 0.223. The molecule has 1 aromatic carbocycles. The topological polar surface area (TPSA) is 38.9 Å². The van der Waals surface area contributed by atoms with Crippen molar-refractivity contribution in [3.8, 4) is 0 Å². The minimum Gasteiger partial charge on any atom is -0.304 e. The van der Waals surface area contributed by atoms with E-state index >= 15 is 0 Å². The lowest BCUT2D eigenvalue weighted by Crippen LogP contribution is -2.26. The second-order valence-corrected chi connectivity index (χ2v) is 8.18. The van der Waals surface area contributed by atoms with Gasteiger partial charge in [0.2, 0.25) is 0 Å². The Morgan fingerprint density at radius 1 is 1.28 bits per heavy atom. The first-order valence-corrected chi connectivity index (χ1v) is 10.1. The number of thiazole rings is 1. The molecule has 7 heteroatoms. The van der Waals surface area contributed by atoms with Crippen molar-refractivity contribution in [2.24, 2.45) is 0 Å². The van der Waals surface area contributed by atoms with Crippen LogP contribution in [0.2, 0.25) is 0 Å². The third-order valence-corrected chi connectivity index (χ3v) is 6.61. The molecule has 0 aliphatic carbocycles. The van der Waals surface area contributed by atoms with Gasteiger partial charge >= 0.3 is 0 Å². The van der Waals surface area contributed by atoms with E-state index in [0.717, 1.165) is 34.1 Å². The molecule has 0 radical (unpaired) electrons. The van der Waals surface area contributed by atoms with Gasteiger partial charge in [-0.1, -0.05) is 18.6 Å². The van der Waals surface area contributed by atoms with Crippen molar-refractivity contribution in [3.05, 3.63) is 39.9 Å². The Labute approximate surface area is 156 Å². The van der Waals surface area contributed by atoms with E-state index in [2.05, 4.69) is 41.6 Å². The van der Waals surface area contributed by atoms with Gasteiger partial charge in [0.1, 0.15) is 10.8 Å². The highest BCUT2D eigenvalue weighted by Crippen LogP contribution is 2.29. The molecule has 4 rings (SSSR count). The lowest BCUT2D eigenvalue weighted by atomic mass is 10.2. The first-order chi connectivity index (χ1) is 12.1. The van der Waals surface area contributed by atoms with E-state index in [4.69, 9.17) is 22.3 Å². The Hall–Kier alpha value is -1.57. The molecular formula is C18H23N5S2. The largest absolute Gasteiger partial charge is 0.304 e. The molecule has 0 N–H and O–H groups in total. The van der Waals surface area contributed by atoms with Crippen LogP contribution in [0.15, 0.2) is 24.3 Å². The third-order valence-electron chi connectivity index (χ3n) is 4.97. The highest BCUT2D eigenvalue weighted by Gasteiger charge is 2.19. The molecule has 25 heavy (non-hydrogen) atoms. The van der Waals surface area contributed by atoms with Crippen LogP contribution in [-0.2, 0) is 19.6 Å². The van der Waals surface area contributed by atoms with E-state index in [-0.39, 0.29) is 6.04 Å². The van der Waals surface area contributed by atoms with Crippen LogP contribution < -0.4 is 0 Å². The third kappa shape index (κ3) is 3.28. The standard InChI is InChI=1S/C18H23N5S2/c1-13(17-19-14-8-5-6-9-15(14)25-17)21(2)12-23-18(24)22-11-7-3-4-10-16(22)20-23/h5-6,8-9,13H,3-4,7,10-12H2,1-2H3/t13-/m1/s1. The summed E-state index contributed by atoms with van der Waals surface area (Å²) in [4.78, 5) is 7.06. The number of para-hydroxylation sites is 1. The van der Waals surface area contributed by atoms with E-state index in [1.165, 1.54) is 24.0 Å². The van der Waals surface area contributed by atoms with E-state index in [1.807, 2.05) is 10.7 Å². The number of aryl methyl sites for hydroxylation is 1. The number of fused-ring (bicyclic) bond motifs is 2. The minimum absolute atomic E-state index is 0.223. The Morgan fingerprint density at radius 2 is 2.12 bits per heavy atom. The summed E-state index contributed by atoms with van der Waals surface area (Å²) < 4.78 is 6.28. The van der Waals surface area contributed by atoms with Crippen LogP contribution in [-0.4, -0.2) is 31.3 Å². The van der Waals surface area contributed by atoms with Crippen molar-refractivity contribution >= 4 is 33.8 Å². The van der Waals surface area contributed by atoms with Crippen molar-refractivity contribution in [1.82, 2.24) is 24.2 Å². The van der Waals surface area contributed by atoms with E-state index in [9.17, 15) is 0 Å². The summed E-state index contributed by atoms with van der Waals surface area (Å²) in [6.45, 7) is 3.89. The predicted molar refractivity (Wildman–Crippen MR) is 104 cm³/mol. The summed E-state index contributed by atoms with van der Waals surface area (Å²) in [6.07, 6.45) is 4.72. The van der Waals surface area contributed by atoms with Gasteiger partial charge in [-0.25, -0.2) is 9.67 Å². The zero-order chi connectivity index (χ0) is 17.4. The lowest BCUT2D eigenvalue weighted by Gasteiger charge is -2.22. The van der Waals surface area contributed by atoms with Gasteiger partial charge in [0.25, 0.3) is 0 Å². The molecule has 0 amide bonds. The average Bonchev–Trinajstić information content (AvgIpc) is 3.07. The first kappa shape index (κ1) is 16.9. The molecule has 3 aromatic rings. The van der Waals surface area contributed by atoms with Gasteiger partial charge in [-0.15, -0.1) is 11.3 Å². The van der Waals surface area contributed by atoms with Crippen LogP contribution in [0.1, 0.15) is 43.1 Å². The average molecular weight is 374 g/mol. The molecule has 132 valence electrons. The Kier molecular flexibility index (Phi) is 4.71. The molecule has 1 atom stereocenters. The van der Waals surface area contributed by atoms with E-state index < -0.39 is 0 Å². The van der Waals surface area contributed by atoms with E-state index in [0.29, 0.717) is 6.67 Å². The molecule has 1 aliphatic rings. The summed E-state index contributed by atoms with van der Waals surface area (Å²) in [5, 5.41) is 5.92. The number of hydrogen-bond acceptors (Lipinski definition) is 5. The summed E-state index contributed by atoms with van der Waals surface area (Å²) in [6, 6.07) is 8.53. The Morgan fingerprint density at radius 3 is 2.96 bits per heavy atom. The molecule has 0 bridgehead atoms. The zero-order valence-corrected chi connectivity index (χ0v) is 16.3. The predicted octanol–water partition coefficient (Wildman–Crippen LogP) is 4.40. The van der Waals surface area contributed by atoms with Crippen molar-refractivity contribution in [3.63, 3.8) is 0 Å². The zero-order valence-electron chi connectivity index (χ0n) is 14.7. The van der Waals surface area contributed by atoms with Gasteiger partial charge in [-0.3, -0.25) is 4.90 Å². The second kappa shape index (κ2) is 6.97. The van der Waals surface area contributed by atoms with Gasteiger partial charge in [-0.05, 0) is 51.2 Å². The molecule has 1 aliphatic heterocycles. The maximum atomic E-state index is 5.67. The Balaban J connectivity index is 1.55.